The largest absolute Gasteiger partial charge is 0.449 e. The summed E-state index contributed by atoms with van der Waals surface area (Å²) in [5, 5.41) is 6.69. The first-order valence-corrected chi connectivity index (χ1v) is 11.8. The summed E-state index contributed by atoms with van der Waals surface area (Å²) in [5.74, 6) is 0.135. The Bertz CT molecular complexity index is 1090. The molecule has 4 amide bonds. The van der Waals surface area contributed by atoms with E-state index in [1.165, 1.54) is 6.26 Å². The van der Waals surface area contributed by atoms with E-state index in [1.807, 2.05) is 24.3 Å². The smallest absolute Gasteiger partial charge is 0.325 e. The van der Waals surface area contributed by atoms with Gasteiger partial charge < -0.3 is 15.1 Å². The molecular weight excluding hydrogens is 444 g/mol. The maximum absolute atomic E-state index is 13.2. The minimum Gasteiger partial charge on any atom is -0.449 e. The third kappa shape index (κ3) is 4.12. The molecule has 2 aliphatic carbocycles. The average Bonchev–Trinajstić information content (AvgIpc) is 3.48. The van der Waals surface area contributed by atoms with Gasteiger partial charge in [0.2, 0.25) is 5.91 Å². The van der Waals surface area contributed by atoms with Gasteiger partial charge in [0.05, 0.1) is 18.3 Å². The number of urea groups is 1. The first-order valence-electron chi connectivity index (χ1n) is 11.5. The highest BCUT2D eigenvalue weighted by Crippen LogP contribution is 2.44. The molecule has 33 heavy (non-hydrogen) atoms. The zero-order valence-corrected chi connectivity index (χ0v) is 19.2. The van der Waals surface area contributed by atoms with Gasteiger partial charge >= 0.3 is 6.03 Å². The summed E-state index contributed by atoms with van der Waals surface area (Å²) in [7, 11) is 0. The number of aromatic nitrogens is 1. The van der Waals surface area contributed by atoms with Crippen molar-refractivity contribution in [1.29, 1.82) is 0 Å². The van der Waals surface area contributed by atoms with Crippen molar-refractivity contribution in [2.75, 3.05) is 0 Å². The maximum atomic E-state index is 13.2. The Morgan fingerprint density at radius 1 is 1.33 bits per heavy atom. The Labute approximate surface area is 197 Å². The van der Waals surface area contributed by atoms with Gasteiger partial charge in [-0.15, -0.1) is 0 Å². The van der Waals surface area contributed by atoms with Gasteiger partial charge in [0.1, 0.15) is 11.8 Å². The summed E-state index contributed by atoms with van der Waals surface area (Å²) in [6.07, 6.45) is 6.48. The molecular formula is C24H27ClN4O4. The normalized spacial score (nSPS) is 25.9. The molecule has 2 heterocycles. The lowest BCUT2D eigenvalue weighted by Gasteiger charge is -2.42. The van der Waals surface area contributed by atoms with Crippen LogP contribution < -0.4 is 10.6 Å². The van der Waals surface area contributed by atoms with Gasteiger partial charge in [-0.3, -0.25) is 14.5 Å². The summed E-state index contributed by atoms with van der Waals surface area (Å²) in [5.41, 5.74) is 0.523. The van der Waals surface area contributed by atoms with Crippen LogP contribution in [-0.2, 0) is 16.1 Å². The third-order valence-corrected chi connectivity index (χ3v) is 7.40. The number of amides is 4. The van der Waals surface area contributed by atoms with Crippen molar-refractivity contribution in [2.45, 2.75) is 63.6 Å². The van der Waals surface area contributed by atoms with E-state index in [0.717, 1.165) is 36.1 Å². The molecule has 8 nitrogen and oxygen atoms in total. The van der Waals surface area contributed by atoms with Gasteiger partial charge in [0, 0.05) is 17.9 Å². The van der Waals surface area contributed by atoms with Crippen LogP contribution in [0.2, 0.25) is 5.02 Å². The first kappa shape index (κ1) is 21.9. The maximum Gasteiger partial charge on any atom is 0.325 e. The van der Waals surface area contributed by atoms with Crippen LogP contribution in [-0.4, -0.2) is 33.3 Å². The predicted octanol–water partition coefficient (Wildman–Crippen LogP) is 3.88. The van der Waals surface area contributed by atoms with E-state index in [1.54, 1.807) is 6.92 Å². The zero-order valence-electron chi connectivity index (χ0n) is 18.5. The molecule has 0 bridgehead atoms. The number of carbonyl (C=O) groups is 3. The number of nitrogens with one attached hydrogen (secondary N) is 2. The van der Waals surface area contributed by atoms with Crippen LogP contribution in [0.25, 0.3) is 0 Å². The number of aryl methyl sites for hydroxylation is 1. The second-order valence-corrected chi connectivity index (χ2v) is 9.89. The molecule has 1 unspecified atom stereocenters. The third-order valence-electron chi connectivity index (χ3n) is 7.17. The van der Waals surface area contributed by atoms with Crippen molar-refractivity contribution >= 4 is 29.4 Å². The van der Waals surface area contributed by atoms with Gasteiger partial charge in [0.25, 0.3) is 5.91 Å². The van der Waals surface area contributed by atoms with Crippen LogP contribution in [0.1, 0.15) is 61.7 Å². The molecule has 1 aromatic heterocycles. The summed E-state index contributed by atoms with van der Waals surface area (Å²) >= 11 is 6.21. The Morgan fingerprint density at radius 2 is 2.09 bits per heavy atom. The molecule has 3 fully saturated rings. The Kier molecular flexibility index (Phi) is 5.64. The minimum atomic E-state index is -1.00. The van der Waals surface area contributed by atoms with Crippen LogP contribution in [0.3, 0.4) is 0 Å². The molecule has 174 valence electrons. The first-order chi connectivity index (χ1) is 15.8. The molecule has 1 saturated heterocycles. The highest BCUT2D eigenvalue weighted by atomic mass is 35.5. The summed E-state index contributed by atoms with van der Waals surface area (Å²) in [6, 6.07) is 7.09. The Morgan fingerprint density at radius 3 is 2.76 bits per heavy atom. The number of imide groups is 1. The van der Waals surface area contributed by atoms with Gasteiger partial charge in [-0.1, -0.05) is 36.6 Å². The lowest BCUT2D eigenvalue weighted by Crippen LogP contribution is -2.60. The second-order valence-electron chi connectivity index (χ2n) is 9.45. The molecule has 1 aliphatic heterocycles. The number of hydrogen-bond acceptors (Lipinski definition) is 5. The molecule has 9 heteroatoms. The monoisotopic (exact) mass is 470 g/mol. The number of benzene rings is 1. The molecule has 0 radical (unpaired) electrons. The lowest BCUT2D eigenvalue weighted by molar-refractivity contribution is -0.141. The molecule has 5 rings (SSSR count). The SMILES string of the molecule is Cc1nc(CN2C(=O)NC3(CC(C(=O)NC(c4cccc(Cl)c4)C4CCCC4)C3)C2=O)co1. The summed E-state index contributed by atoms with van der Waals surface area (Å²) < 4.78 is 5.17. The van der Waals surface area contributed by atoms with Crippen molar-refractivity contribution in [2.24, 2.45) is 11.8 Å². The molecule has 2 saturated carbocycles. The van der Waals surface area contributed by atoms with E-state index < -0.39 is 11.6 Å². The van der Waals surface area contributed by atoms with Gasteiger partial charge in [0.15, 0.2) is 5.89 Å². The highest BCUT2D eigenvalue weighted by molar-refractivity contribution is 6.30. The summed E-state index contributed by atoms with van der Waals surface area (Å²) in [4.78, 5) is 44.0. The Balaban J connectivity index is 1.25. The fraction of sp³-hybridized carbons (Fsp3) is 0.500. The zero-order chi connectivity index (χ0) is 23.2. The molecule has 2 aromatic rings. The van der Waals surface area contributed by atoms with Crippen LogP contribution >= 0.6 is 11.6 Å². The number of hydrogen-bond donors (Lipinski definition) is 2. The van der Waals surface area contributed by atoms with E-state index >= 15 is 0 Å². The quantitative estimate of drug-likeness (QED) is 0.623. The van der Waals surface area contributed by atoms with E-state index in [4.69, 9.17) is 16.0 Å². The molecule has 3 aliphatic rings. The fourth-order valence-electron chi connectivity index (χ4n) is 5.44. The topological polar surface area (TPSA) is 105 Å². The van der Waals surface area contributed by atoms with E-state index in [2.05, 4.69) is 15.6 Å². The van der Waals surface area contributed by atoms with E-state index in [0.29, 0.717) is 35.4 Å². The number of nitrogens with zero attached hydrogens (tertiary/aromatic N) is 2. The number of halogens is 1. The van der Waals surface area contributed by atoms with Gasteiger partial charge in [-0.05, 0) is 49.3 Å². The molecule has 2 N–H and O–H groups in total. The minimum absolute atomic E-state index is 0.0547. The van der Waals surface area contributed by atoms with Crippen LogP contribution in [0.15, 0.2) is 34.9 Å². The lowest BCUT2D eigenvalue weighted by atomic mass is 9.67. The molecule has 1 spiro atoms. The van der Waals surface area contributed by atoms with Crippen LogP contribution in [0.4, 0.5) is 4.79 Å². The van der Waals surface area contributed by atoms with Crippen molar-refractivity contribution < 1.29 is 18.8 Å². The number of rotatable bonds is 6. The highest BCUT2D eigenvalue weighted by Gasteiger charge is 2.60. The van der Waals surface area contributed by atoms with Crippen molar-refractivity contribution in [3.05, 3.63) is 52.7 Å². The summed E-state index contributed by atoms with van der Waals surface area (Å²) in [6.45, 7) is 1.76. The fourth-order valence-corrected chi connectivity index (χ4v) is 5.64. The Hall–Kier alpha value is -2.87. The molecule has 1 atom stereocenters. The van der Waals surface area contributed by atoms with E-state index in [9.17, 15) is 14.4 Å². The van der Waals surface area contributed by atoms with Gasteiger partial charge in [-0.2, -0.15) is 0 Å². The van der Waals surface area contributed by atoms with Crippen LogP contribution in [0, 0.1) is 18.8 Å². The van der Waals surface area contributed by atoms with Crippen molar-refractivity contribution in [3.63, 3.8) is 0 Å². The van der Waals surface area contributed by atoms with Crippen molar-refractivity contribution in [1.82, 2.24) is 20.5 Å². The standard InChI is InChI=1S/C24H27ClN4O4/c1-14-26-19(13-33-14)12-29-22(31)24(28-23(29)32)10-17(11-24)21(30)27-20(15-5-2-3-6-15)16-7-4-8-18(25)9-16/h4,7-9,13,15,17,20H,2-3,5-6,10-12H2,1H3,(H,27,30)(H,28,32). The average molecular weight is 471 g/mol. The molecule has 1 aromatic carbocycles. The van der Waals surface area contributed by atoms with Crippen LogP contribution in [0.5, 0.6) is 0 Å². The van der Waals surface area contributed by atoms with E-state index in [-0.39, 0.29) is 30.3 Å². The predicted molar refractivity (Wildman–Crippen MR) is 120 cm³/mol. The number of carbonyl (C=O) groups excluding carboxylic acids is 3. The van der Waals surface area contributed by atoms with Gasteiger partial charge in [-0.25, -0.2) is 9.78 Å². The number of oxazole rings is 1. The second kappa shape index (κ2) is 8.48. The van der Waals surface area contributed by atoms with Crippen molar-refractivity contribution in [3.8, 4) is 0 Å².